The minimum Gasteiger partial charge on any atom is -0.476 e. The number of hydrogen-bond donors (Lipinski definition) is 2. The molecule has 13 nitrogen and oxygen atoms in total. The number of rotatable bonds is 17. The van der Waals surface area contributed by atoms with Gasteiger partial charge in [-0.2, -0.15) is 26.0 Å². The fourth-order valence-electron chi connectivity index (χ4n) is 5.56. The molecular weight excluding hydrogens is 741 g/mol. The van der Waals surface area contributed by atoms with Gasteiger partial charge < -0.3 is 10.1 Å². The number of halogens is 4. The zero-order valence-electron chi connectivity index (χ0n) is 29.5. The molecule has 0 amide bonds. The second-order valence-electron chi connectivity index (χ2n) is 13.4. The molecule has 1 aliphatic rings. The van der Waals surface area contributed by atoms with E-state index in [0.717, 1.165) is 63.4 Å². The van der Waals surface area contributed by atoms with E-state index in [9.17, 15) is 34.4 Å². The smallest absolute Gasteiger partial charge is 0.397 e. The number of aromatic nitrogens is 5. The van der Waals surface area contributed by atoms with Crippen LogP contribution in [0.1, 0.15) is 51.5 Å². The van der Waals surface area contributed by atoms with Gasteiger partial charge in [-0.3, -0.25) is 4.72 Å². The van der Waals surface area contributed by atoms with Gasteiger partial charge in [-0.15, -0.1) is 5.10 Å². The Morgan fingerprint density at radius 2 is 1.75 bits per heavy atom. The van der Waals surface area contributed by atoms with Gasteiger partial charge in [-0.1, -0.05) is 43.2 Å². The lowest BCUT2D eigenvalue weighted by atomic mass is 9.94. The van der Waals surface area contributed by atoms with Crippen molar-refractivity contribution in [2.45, 2.75) is 68.8 Å². The maximum absolute atomic E-state index is 13.8. The van der Waals surface area contributed by atoms with Crippen LogP contribution in [0.25, 0.3) is 17.1 Å². The Labute approximate surface area is 306 Å². The van der Waals surface area contributed by atoms with Crippen LogP contribution >= 0.6 is 0 Å². The molecular formula is C34H42F4N8O5S2. The van der Waals surface area contributed by atoms with Crippen molar-refractivity contribution in [3.63, 3.8) is 0 Å². The number of benzene rings is 1. The summed E-state index contributed by atoms with van der Waals surface area (Å²) < 4.78 is 115. The number of ether oxygens (including phenoxy) is 1. The van der Waals surface area contributed by atoms with Gasteiger partial charge in [-0.05, 0) is 63.8 Å². The molecule has 1 unspecified atom stereocenters. The predicted octanol–water partition coefficient (Wildman–Crippen LogP) is 5.36. The monoisotopic (exact) mass is 782 g/mol. The van der Waals surface area contributed by atoms with Gasteiger partial charge >= 0.3 is 6.18 Å². The van der Waals surface area contributed by atoms with Gasteiger partial charge in [0.25, 0.3) is 10.0 Å². The van der Waals surface area contributed by atoms with E-state index in [1.54, 1.807) is 19.2 Å². The summed E-state index contributed by atoms with van der Waals surface area (Å²) in [5.41, 5.74) is -0.433. The molecule has 4 heterocycles. The SMILES string of the molecule is CN1CCC(CNCCCCCCc2ccccc2-c2nc(NS(=O)(=O)c3cccc(F)n3)cnc2-n2ccc(OCC(C)(C)C(F)(F)F)n2)S1(=O)=O. The second-order valence-corrected chi connectivity index (χ2v) is 17.4. The zero-order valence-corrected chi connectivity index (χ0v) is 31.1. The first-order valence-corrected chi connectivity index (χ1v) is 20.0. The van der Waals surface area contributed by atoms with Crippen LogP contribution in [0.5, 0.6) is 5.88 Å². The Hall–Kier alpha value is -4.20. The summed E-state index contributed by atoms with van der Waals surface area (Å²) >= 11 is 0. The standard InChI is InChI=1S/C34H42F4N8O5S2/c1-33(2,34(36,37)38)23-51-29-17-20-46(43-29)32-31(42-28(22-40-32)44-52(47,48)30-15-10-14-27(35)41-30)26-13-8-7-12-24(26)11-6-4-5-9-18-39-21-25-16-19-45(3)53(25,49)50/h7-8,10,12-15,17,20,22,25,39H,4-6,9,11,16,18-19,21,23H2,1-3H3,(H,42,44). The molecule has 0 bridgehead atoms. The summed E-state index contributed by atoms with van der Waals surface area (Å²) in [6, 6.07) is 12.1. The number of nitrogens with zero attached hydrogens (tertiary/aromatic N) is 6. The van der Waals surface area contributed by atoms with Crippen LogP contribution in [-0.2, 0) is 26.5 Å². The Morgan fingerprint density at radius 1 is 1.00 bits per heavy atom. The molecule has 288 valence electrons. The minimum atomic E-state index is -4.50. The van der Waals surface area contributed by atoms with E-state index in [-0.39, 0.29) is 23.2 Å². The van der Waals surface area contributed by atoms with Crippen LogP contribution in [0, 0.1) is 11.4 Å². The fourth-order valence-corrected chi connectivity index (χ4v) is 8.11. The van der Waals surface area contributed by atoms with E-state index >= 15 is 0 Å². The van der Waals surface area contributed by atoms with E-state index in [0.29, 0.717) is 38.0 Å². The summed E-state index contributed by atoms with van der Waals surface area (Å²) in [5.74, 6) is -1.11. The van der Waals surface area contributed by atoms with Crippen LogP contribution in [-0.4, -0.2) is 90.6 Å². The molecule has 4 aromatic rings. The fraction of sp³-hybridized carbons (Fsp3) is 0.471. The van der Waals surface area contributed by atoms with Gasteiger partial charge in [-0.25, -0.2) is 32.4 Å². The van der Waals surface area contributed by atoms with E-state index in [1.165, 1.54) is 27.3 Å². The highest BCUT2D eigenvalue weighted by Crippen LogP contribution is 2.38. The summed E-state index contributed by atoms with van der Waals surface area (Å²) in [7, 11) is -5.99. The summed E-state index contributed by atoms with van der Waals surface area (Å²) in [6.45, 7) is 3.02. The van der Waals surface area contributed by atoms with Crippen molar-refractivity contribution in [1.29, 1.82) is 0 Å². The third-order valence-electron chi connectivity index (χ3n) is 8.90. The van der Waals surface area contributed by atoms with Crippen LogP contribution in [0.3, 0.4) is 0 Å². The highest BCUT2D eigenvalue weighted by molar-refractivity contribution is 7.92. The van der Waals surface area contributed by atoms with E-state index in [4.69, 9.17) is 4.74 Å². The van der Waals surface area contributed by atoms with E-state index in [1.807, 2.05) is 12.1 Å². The molecule has 1 atom stereocenters. The lowest BCUT2D eigenvalue weighted by Crippen LogP contribution is -2.37. The predicted molar refractivity (Wildman–Crippen MR) is 190 cm³/mol. The lowest BCUT2D eigenvalue weighted by molar-refractivity contribution is -0.219. The normalized spacial score (nSPS) is 16.5. The highest BCUT2D eigenvalue weighted by Gasteiger charge is 2.48. The van der Waals surface area contributed by atoms with E-state index in [2.05, 4.69) is 30.1 Å². The molecule has 1 saturated heterocycles. The first-order chi connectivity index (χ1) is 25.0. The first-order valence-electron chi connectivity index (χ1n) is 17.0. The number of aryl methyl sites for hydroxylation is 1. The molecule has 2 N–H and O–H groups in total. The van der Waals surface area contributed by atoms with E-state index < -0.39 is 54.5 Å². The largest absolute Gasteiger partial charge is 0.476 e. The van der Waals surface area contributed by atoms with Crippen LogP contribution in [0.2, 0.25) is 0 Å². The molecule has 53 heavy (non-hydrogen) atoms. The lowest BCUT2D eigenvalue weighted by Gasteiger charge is -2.26. The topological polar surface area (TPSA) is 161 Å². The molecule has 1 fully saturated rings. The van der Waals surface area contributed by atoms with Crippen molar-refractivity contribution in [2.75, 3.05) is 38.0 Å². The van der Waals surface area contributed by atoms with Gasteiger partial charge in [0.05, 0.1) is 16.9 Å². The van der Waals surface area contributed by atoms with Crippen molar-refractivity contribution < 1.29 is 39.1 Å². The zero-order chi connectivity index (χ0) is 38.4. The van der Waals surface area contributed by atoms with Crippen molar-refractivity contribution in [3.05, 3.63) is 72.4 Å². The van der Waals surface area contributed by atoms with Crippen molar-refractivity contribution in [3.8, 4) is 23.0 Å². The number of anilines is 1. The molecule has 5 rings (SSSR count). The van der Waals surface area contributed by atoms with Gasteiger partial charge in [0, 0.05) is 38.0 Å². The number of unbranched alkanes of at least 4 members (excludes halogenated alkanes) is 3. The number of alkyl halides is 3. The molecule has 1 aliphatic heterocycles. The second kappa shape index (κ2) is 16.4. The molecule has 19 heteroatoms. The molecule has 0 saturated carbocycles. The first kappa shape index (κ1) is 40.0. The summed E-state index contributed by atoms with van der Waals surface area (Å²) in [6.07, 6.45) is 2.78. The Morgan fingerprint density at radius 3 is 2.47 bits per heavy atom. The average Bonchev–Trinajstić information content (AvgIpc) is 3.67. The van der Waals surface area contributed by atoms with Gasteiger partial charge in [0.2, 0.25) is 21.9 Å². The molecule has 0 radical (unpaired) electrons. The Balaban J connectivity index is 1.32. The molecule has 3 aromatic heterocycles. The average molecular weight is 783 g/mol. The summed E-state index contributed by atoms with van der Waals surface area (Å²) in [4.78, 5) is 12.5. The maximum Gasteiger partial charge on any atom is 0.397 e. The molecule has 0 spiro atoms. The number of hydrogen-bond acceptors (Lipinski definition) is 10. The van der Waals surface area contributed by atoms with Crippen LogP contribution in [0.15, 0.2) is 66.0 Å². The Bertz CT molecular complexity index is 2100. The number of nitrogens with one attached hydrogen (secondary N) is 2. The van der Waals surface area contributed by atoms with Crippen LogP contribution < -0.4 is 14.8 Å². The number of pyridine rings is 1. The Kier molecular flexibility index (Phi) is 12.4. The van der Waals surface area contributed by atoms with Gasteiger partial charge in [0.15, 0.2) is 16.7 Å². The third kappa shape index (κ3) is 9.87. The van der Waals surface area contributed by atoms with Crippen LogP contribution in [0.4, 0.5) is 23.4 Å². The van der Waals surface area contributed by atoms with Crippen molar-refractivity contribution in [1.82, 2.24) is 34.4 Å². The van der Waals surface area contributed by atoms with Crippen molar-refractivity contribution >= 4 is 25.9 Å². The van der Waals surface area contributed by atoms with Crippen molar-refractivity contribution in [2.24, 2.45) is 5.41 Å². The highest BCUT2D eigenvalue weighted by atomic mass is 32.2. The maximum atomic E-state index is 13.8. The molecule has 0 aliphatic carbocycles. The molecule has 1 aromatic carbocycles. The quantitative estimate of drug-likeness (QED) is 0.0811. The summed E-state index contributed by atoms with van der Waals surface area (Å²) in [5, 5.41) is 6.59. The minimum absolute atomic E-state index is 0.0861. The number of sulfonamides is 2. The van der Waals surface area contributed by atoms with Gasteiger partial charge in [0.1, 0.15) is 12.3 Å². The third-order valence-corrected chi connectivity index (χ3v) is 12.5.